The van der Waals surface area contributed by atoms with Gasteiger partial charge >= 0.3 is 0 Å². The van der Waals surface area contributed by atoms with Crippen molar-refractivity contribution in [2.24, 2.45) is 23.2 Å². The van der Waals surface area contributed by atoms with Crippen molar-refractivity contribution in [1.29, 1.82) is 0 Å². The second-order valence-electron chi connectivity index (χ2n) is 11.1. The first-order valence-corrected chi connectivity index (χ1v) is 12.4. The lowest BCUT2D eigenvalue weighted by atomic mass is 9.60. The fraction of sp³-hybridized carbons (Fsp3) is 0.778. The zero-order valence-corrected chi connectivity index (χ0v) is 20.0. The second kappa shape index (κ2) is 9.31. The standard InChI is InChI=1S/C27H43ClO/c1-19-10-13-23(29)18-22(19)12-11-21-9-7-17-27(5)24(14-15-25(21)27)20(2)8-6-16-26(3,4)28/h11-12,20,23-25,29H,1,6-10,13-18H2,2-5H3/b21-11+,22-12+/t20-,23+,24-,25+,27-/m1/s1. The number of fused-ring (bicyclic) bond motifs is 1. The molecule has 164 valence electrons. The summed E-state index contributed by atoms with van der Waals surface area (Å²) in [6.07, 6.45) is 17.5. The summed E-state index contributed by atoms with van der Waals surface area (Å²) in [6.45, 7) is 13.6. The Balaban J connectivity index is 1.68. The van der Waals surface area contributed by atoms with Gasteiger partial charge in [0.2, 0.25) is 0 Å². The quantitative estimate of drug-likeness (QED) is 0.433. The van der Waals surface area contributed by atoms with Gasteiger partial charge in [0, 0.05) is 4.87 Å². The first-order chi connectivity index (χ1) is 13.6. The van der Waals surface area contributed by atoms with Crippen LogP contribution in [-0.2, 0) is 0 Å². The SMILES string of the molecule is C=C1CC[C@H](O)C/C1=C\C=C1/CCC[C@]2(C)[C@@H]([C@H](C)CCCC(C)(C)Cl)CC[C@@H]12. The smallest absolute Gasteiger partial charge is 0.0583 e. The van der Waals surface area contributed by atoms with Crippen molar-refractivity contribution in [3.63, 3.8) is 0 Å². The summed E-state index contributed by atoms with van der Waals surface area (Å²) in [4.78, 5) is -0.0627. The van der Waals surface area contributed by atoms with Gasteiger partial charge in [-0.25, -0.2) is 0 Å². The molecule has 1 nitrogen and oxygen atoms in total. The Morgan fingerprint density at radius 3 is 2.72 bits per heavy atom. The molecule has 0 saturated heterocycles. The van der Waals surface area contributed by atoms with Crippen LogP contribution < -0.4 is 0 Å². The summed E-state index contributed by atoms with van der Waals surface area (Å²) < 4.78 is 0. The molecule has 0 aromatic rings. The summed E-state index contributed by atoms with van der Waals surface area (Å²) in [5.41, 5.74) is 4.62. The predicted molar refractivity (Wildman–Crippen MR) is 126 cm³/mol. The number of allylic oxidation sites excluding steroid dienone is 4. The van der Waals surface area contributed by atoms with Gasteiger partial charge in [0.15, 0.2) is 0 Å². The Morgan fingerprint density at radius 2 is 2.00 bits per heavy atom. The highest BCUT2D eigenvalue weighted by molar-refractivity contribution is 6.23. The molecular weight excluding hydrogens is 376 g/mol. The van der Waals surface area contributed by atoms with Gasteiger partial charge in [0.05, 0.1) is 6.10 Å². The zero-order chi connectivity index (χ0) is 21.2. The van der Waals surface area contributed by atoms with Crippen LogP contribution in [0.4, 0.5) is 0 Å². The maximum atomic E-state index is 10.0. The molecule has 1 N–H and O–H groups in total. The van der Waals surface area contributed by atoms with Gasteiger partial charge < -0.3 is 5.11 Å². The number of alkyl halides is 1. The van der Waals surface area contributed by atoms with Crippen molar-refractivity contribution in [2.45, 2.75) is 109 Å². The molecule has 0 aromatic heterocycles. The second-order valence-corrected chi connectivity index (χ2v) is 12.1. The van der Waals surface area contributed by atoms with Crippen molar-refractivity contribution in [2.75, 3.05) is 0 Å². The summed E-state index contributed by atoms with van der Waals surface area (Å²) in [6, 6.07) is 0. The van der Waals surface area contributed by atoms with Gasteiger partial charge in [-0.1, -0.05) is 56.6 Å². The van der Waals surface area contributed by atoms with Crippen molar-refractivity contribution >= 4 is 11.6 Å². The van der Waals surface area contributed by atoms with Crippen molar-refractivity contribution in [1.82, 2.24) is 0 Å². The highest BCUT2D eigenvalue weighted by Gasteiger charge is 2.50. The average molecular weight is 419 g/mol. The molecule has 0 amide bonds. The molecule has 0 heterocycles. The number of aliphatic hydroxyl groups is 1. The number of aliphatic hydroxyl groups excluding tert-OH is 1. The minimum atomic E-state index is -0.184. The van der Waals surface area contributed by atoms with Crippen LogP contribution >= 0.6 is 11.6 Å². The molecular formula is C27H43ClO. The largest absolute Gasteiger partial charge is 0.393 e. The molecule has 0 spiro atoms. The van der Waals surface area contributed by atoms with Crippen molar-refractivity contribution in [3.8, 4) is 0 Å². The van der Waals surface area contributed by atoms with E-state index >= 15 is 0 Å². The first kappa shape index (κ1) is 23.1. The highest BCUT2D eigenvalue weighted by Crippen LogP contribution is 2.60. The minimum absolute atomic E-state index is 0.0627. The number of hydrogen-bond acceptors (Lipinski definition) is 1. The number of hydrogen-bond donors (Lipinski definition) is 1. The first-order valence-electron chi connectivity index (χ1n) is 12.0. The summed E-state index contributed by atoms with van der Waals surface area (Å²) >= 11 is 6.42. The molecule has 0 unspecified atom stereocenters. The normalized spacial score (nSPS) is 37.2. The van der Waals surface area contributed by atoms with Gasteiger partial charge in [0.25, 0.3) is 0 Å². The Labute approximate surface area is 184 Å². The van der Waals surface area contributed by atoms with Gasteiger partial charge in [-0.3, -0.25) is 0 Å². The average Bonchev–Trinajstić information content (AvgIpc) is 2.99. The molecule has 5 atom stereocenters. The molecule has 3 saturated carbocycles. The minimum Gasteiger partial charge on any atom is -0.393 e. The molecule has 3 aliphatic rings. The Bertz CT molecular complexity index is 652. The monoisotopic (exact) mass is 418 g/mol. The number of rotatable bonds is 6. The van der Waals surface area contributed by atoms with Crippen LogP contribution in [0, 0.1) is 23.2 Å². The van der Waals surface area contributed by atoms with E-state index in [1.807, 2.05) is 0 Å². The lowest BCUT2D eigenvalue weighted by Crippen LogP contribution is -2.36. The Kier molecular flexibility index (Phi) is 7.43. The number of halogens is 1. The van der Waals surface area contributed by atoms with E-state index in [4.69, 9.17) is 11.6 Å². The molecule has 3 fully saturated rings. The van der Waals surface area contributed by atoms with Crippen LogP contribution in [0.1, 0.15) is 98.3 Å². The van der Waals surface area contributed by atoms with E-state index in [0.29, 0.717) is 5.41 Å². The third-order valence-corrected chi connectivity index (χ3v) is 8.53. The molecule has 0 aliphatic heterocycles. The molecule has 2 heteroatoms. The van der Waals surface area contributed by atoms with Gasteiger partial charge in [-0.05, 0) is 100 Å². The fourth-order valence-electron chi connectivity index (χ4n) is 6.66. The van der Waals surface area contributed by atoms with E-state index in [0.717, 1.165) is 43.4 Å². The highest BCUT2D eigenvalue weighted by atomic mass is 35.5. The molecule has 3 rings (SSSR count). The third kappa shape index (κ3) is 5.59. The maximum absolute atomic E-state index is 10.0. The zero-order valence-electron chi connectivity index (χ0n) is 19.3. The van der Waals surface area contributed by atoms with E-state index < -0.39 is 0 Å². The van der Waals surface area contributed by atoms with Crippen LogP contribution in [0.15, 0.2) is 35.5 Å². The van der Waals surface area contributed by atoms with E-state index in [2.05, 4.69) is 46.4 Å². The van der Waals surface area contributed by atoms with E-state index in [9.17, 15) is 5.11 Å². The van der Waals surface area contributed by atoms with Crippen LogP contribution in [-0.4, -0.2) is 16.1 Å². The molecule has 0 radical (unpaired) electrons. The van der Waals surface area contributed by atoms with Gasteiger partial charge in [-0.15, -0.1) is 11.6 Å². The molecule has 0 bridgehead atoms. The third-order valence-electron chi connectivity index (χ3n) is 8.34. The lowest BCUT2D eigenvalue weighted by molar-refractivity contribution is 0.0930. The van der Waals surface area contributed by atoms with Crippen LogP contribution in [0.25, 0.3) is 0 Å². The fourth-order valence-corrected chi connectivity index (χ4v) is 6.79. The van der Waals surface area contributed by atoms with Crippen LogP contribution in [0.3, 0.4) is 0 Å². The van der Waals surface area contributed by atoms with E-state index in [1.54, 1.807) is 5.57 Å². The van der Waals surface area contributed by atoms with Crippen molar-refractivity contribution < 1.29 is 5.11 Å². The Morgan fingerprint density at radius 1 is 1.24 bits per heavy atom. The van der Waals surface area contributed by atoms with E-state index in [-0.39, 0.29) is 11.0 Å². The maximum Gasteiger partial charge on any atom is 0.0583 e. The van der Waals surface area contributed by atoms with Crippen molar-refractivity contribution in [3.05, 3.63) is 35.5 Å². The van der Waals surface area contributed by atoms with E-state index in [1.165, 1.54) is 56.1 Å². The lowest BCUT2D eigenvalue weighted by Gasteiger charge is -2.44. The summed E-state index contributed by atoms with van der Waals surface area (Å²) in [5, 5.41) is 10.0. The predicted octanol–water partition coefficient (Wildman–Crippen LogP) is 7.98. The van der Waals surface area contributed by atoms with Crippen LogP contribution in [0.2, 0.25) is 0 Å². The molecule has 29 heavy (non-hydrogen) atoms. The van der Waals surface area contributed by atoms with Crippen LogP contribution in [0.5, 0.6) is 0 Å². The molecule has 3 aliphatic carbocycles. The van der Waals surface area contributed by atoms with Gasteiger partial charge in [-0.2, -0.15) is 0 Å². The summed E-state index contributed by atoms with van der Waals surface area (Å²) in [5.74, 6) is 2.37. The molecule has 0 aromatic carbocycles. The Hall–Kier alpha value is -0.530. The van der Waals surface area contributed by atoms with Gasteiger partial charge in [0.1, 0.15) is 0 Å². The summed E-state index contributed by atoms with van der Waals surface area (Å²) in [7, 11) is 0. The topological polar surface area (TPSA) is 20.2 Å².